The number of ether oxygens (including phenoxy) is 1. The largest absolute Gasteiger partial charge is 0.487 e. The molecule has 2 amide bonds. The number of sulfonamides is 1. The van der Waals surface area contributed by atoms with Crippen molar-refractivity contribution in [2.75, 3.05) is 18.4 Å². The van der Waals surface area contributed by atoms with Gasteiger partial charge in [0.05, 0.1) is 6.04 Å². The highest BCUT2D eigenvalue weighted by atomic mass is 32.2. The van der Waals surface area contributed by atoms with Crippen molar-refractivity contribution in [3.63, 3.8) is 0 Å². The van der Waals surface area contributed by atoms with E-state index in [2.05, 4.69) is 10.0 Å². The molecule has 0 aromatic heterocycles. The van der Waals surface area contributed by atoms with E-state index in [1.807, 2.05) is 30.3 Å². The fourth-order valence-corrected chi connectivity index (χ4v) is 4.91. The lowest BCUT2D eigenvalue weighted by molar-refractivity contribution is 0.157. The number of anilines is 1. The molecule has 7 nitrogen and oxygen atoms in total. The molecule has 0 saturated carbocycles. The van der Waals surface area contributed by atoms with Gasteiger partial charge in [0.15, 0.2) is 0 Å². The van der Waals surface area contributed by atoms with Crippen molar-refractivity contribution in [2.45, 2.75) is 29.9 Å². The maximum absolute atomic E-state index is 12.6. The topological polar surface area (TPSA) is 87.7 Å². The Balaban J connectivity index is 1.50. The summed E-state index contributed by atoms with van der Waals surface area (Å²) in [6.45, 7) is 0.936. The first-order chi connectivity index (χ1) is 13.0. The lowest BCUT2D eigenvalue weighted by Gasteiger charge is -2.22. The number of carbonyl (C=O) groups excluding carboxylic acids is 1. The number of carbonyl (C=O) groups is 1. The summed E-state index contributed by atoms with van der Waals surface area (Å²) in [5.74, 6) is 0.361. The summed E-state index contributed by atoms with van der Waals surface area (Å²) in [7, 11) is -3.65. The van der Waals surface area contributed by atoms with E-state index >= 15 is 0 Å². The fourth-order valence-electron chi connectivity index (χ4n) is 3.48. The predicted octanol–water partition coefficient (Wildman–Crippen LogP) is 2.42. The summed E-state index contributed by atoms with van der Waals surface area (Å²) in [5.41, 5.74) is 0.729. The molecule has 2 aromatic rings. The van der Waals surface area contributed by atoms with Crippen LogP contribution in [0.25, 0.3) is 0 Å². The zero-order valence-electron chi connectivity index (χ0n) is 14.7. The van der Waals surface area contributed by atoms with E-state index in [9.17, 15) is 13.2 Å². The van der Waals surface area contributed by atoms with E-state index in [4.69, 9.17) is 4.74 Å². The standard InChI is InChI=1S/C19H21N3O4S/c23-19(20-14-6-2-1-3-7-14)22-12-10-15-16(11-13-22)26-17-8-4-5-9-18(17)27(24,25)21-15/h1-9,15-16,21H,10-13H2,(H,20,23)/t15-,16-/m0/s1. The van der Waals surface area contributed by atoms with Crippen molar-refractivity contribution in [1.29, 1.82) is 0 Å². The van der Waals surface area contributed by atoms with Crippen LogP contribution < -0.4 is 14.8 Å². The van der Waals surface area contributed by atoms with Gasteiger partial charge in [0, 0.05) is 25.2 Å². The third-order valence-electron chi connectivity index (χ3n) is 4.88. The average Bonchev–Trinajstić information content (AvgIpc) is 2.91. The first-order valence-corrected chi connectivity index (χ1v) is 10.4. The second-order valence-electron chi connectivity index (χ2n) is 6.69. The minimum absolute atomic E-state index is 0.164. The van der Waals surface area contributed by atoms with Gasteiger partial charge in [0.2, 0.25) is 10.0 Å². The minimum atomic E-state index is -3.65. The van der Waals surface area contributed by atoms with Crippen LogP contribution in [0.3, 0.4) is 0 Å². The number of para-hydroxylation sites is 2. The molecule has 2 heterocycles. The third kappa shape index (κ3) is 3.77. The summed E-state index contributed by atoms with van der Waals surface area (Å²) < 4.78 is 34.0. The number of likely N-dealkylation sites (tertiary alicyclic amines) is 1. The van der Waals surface area contributed by atoms with Gasteiger partial charge in [-0.1, -0.05) is 30.3 Å². The number of benzene rings is 2. The van der Waals surface area contributed by atoms with Crippen LogP contribution in [-0.4, -0.2) is 44.6 Å². The Morgan fingerprint density at radius 3 is 2.56 bits per heavy atom. The summed E-state index contributed by atoms with van der Waals surface area (Å²) in [5, 5.41) is 2.87. The molecule has 1 saturated heterocycles. The highest BCUT2D eigenvalue weighted by molar-refractivity contribution is 7.89. The van der Waals surface area contributed by atoms with Crippen molar-refractivity contribution in [3.8, 4) is 5.75 Å². The van der Waals surface area contributed by atoms with Gasteiger partial charge >= 0.3 is 6.03 Å². The molecule has 2 aliphatic rings. The van der Waals surface area contributed by atoms with Gasteiger partial charge in [-0.05, 0) is 30.7 Å². The fraction of sp³-hybridized carbons (Fsp3) is 0.316. The number of rotatable bonds is 1. The highest BCUT2D eigenvalue weighted by Gasteiger charge is 2.37. The van der Waals surface area contributed by atoms with Gasteiger partial charge in [-0.15, -0.1) is 0 Å². The molecule has 4 rings (SSSR count). The number of hydrogen-bond donors (Lipinski definition) is 2. The Kier molecular flexibility index (Phi) is 4.75. The lowest BCUT2D eigenvalue weighted by Crippen LogP contribution is -2.43. The van der Waals surface area contributed by atoms with Crippen LogP contribution in [0.4, 0.5) is 10.5 Å². The summed E-state index contributed by atoms with van der Waals surface area (Å²) in [6.07, 6.45) is 0.710. The van der Waals surface area contributed by atoms with Gasteiger partial charge in [-0.2, -0.15) is 0 Å². The number of fused-ring (bicyclic) bond motifs is 2. The van der Waals surface area contributed by atoms with Crippen LogP contribution in [0, 0.1) is 0 Å². The van der Waals surface area contributed by atoms with E-state index in [0.29, 0.717) is 31.7 Å². The van der Waals surface area contributed by atoms with Crippen molar-refractivity contribution in [1.82, 2.24) is 9.62 Å². The van der Waals surface area contributed by atoms with E-state index in [-0.39, 0.29) is 23.1 Å². The molecule has 1 fully saturated rings. The summed E-state index contributed by atoms with van der Waals surface area (Å²) >= 11 is 0. The normalized spacial score (nSPS) is 23.8. The minimum Gasteiger partial charge on any atom is -0.487 e. The number of nitrogens with one attached hydrogen (secondary N) is 2. The van der Waals surface area contributed by atoms with Crippen LogP contribution in [-0.2, 0) is 10.0 Å². The van der Waals surface area contributed by atoms with Crippen LogP contribution in [0.5, 0.6) is 5.75 Å². The number of amides is 2. The van der Waals surface area contributed by atoms with Crippen molar-refractivity contribution >= 4 is 21.7 Å². The monoisotopic (exact) mass is 387 g/mol. The second kappa shape index (κ2) is 7.21. The average molecular weight is 387 g/mol. The Morgan fingerprint density at radius 2 is 1.74 bits per heavy atom. The molecule has 27 heavy (non-hydrogen) atoms. The van der Waals surface area contributed by atoms with Gasteiger partial charge in [0.25, 0.3) is 0 Å². The number of nitrogens with zero attached hydrogens (tertiary/aromatic N) is 1. The summed E-state index contributed by atoms with van der Waals surface area (Å²) in [6, 6.07) is 15.3. The molecule has 0 unspecified atom stereocenters. The van der Waals surface area contributed by atoms with Crippen LogP contribution in [0.2, 0.25) is 0 Å². The van der Waals surface area contributed by atoms with E-state index in [1.54, 1.807) is 29.2 Å². The van der Waals surface area contributed by atoms with Crippen LogP contribution >= 0.6 is 0 Å². The molecule has 2 aliphatic heterocycles. The molecule has 2 N–H and O–H groups in total. The smallest absolute Gasteiger partial charge is 0.321 e. The number of urea groups is 1. The maximum Gasteiger partial charge on any atom is 0.321 e. The lowest BCUT2D eigenvalue weighted by atomic mass is 10.1. The molecule has 0 bridgehead atoms. The Hall–Kier alpha value is -2.58. The zero-order chi connectivity index (χ0) is 18.9. The second-order valence-corrected chi connectivity index (χ2v) is 8.37. The van der Waals surface area contributed by atoms with E-state index in [0.717, 1.165) is 5.69 Å². The predicted molar refractivity (Wildman–Crippen MR) is 101 cm³/mol. The Labute approximate surface area is 158 Å². The molecule has 0 aliphatic carbocycles. The van der Waals surface area contributed by atoms with E-state index in [1.165, 1.54) is 0 Å². The molecule has 142 valence electrons. The highest BCUT2D eigenvalue weighted by Crippen LogP contribution is 2.31. The van der Waals surface area contributed by atoms with Gasteiger partial charge in [-0.25, -0.2) is 17.9 Å². The van der Waals surface area contributed by atoms with Gasteiger partial charge in [-0.3, -0.25) is 0 Å². The molecular formula is C19H21N3O4S. The van der Waals surface area contributed by atoms with Gasteiger partial charge < -0.3 is 15.0 Å². The summed E-state index contributed by atoms with van der Waals surface area (Å²) in [4.78, 5) is 14.4. The van der Waals surface area contributed by atoms with Crippen LogP contribution in [0.15, 0.2) is 59.5 Å². The molecule has 8 heteroatoms. The molecule has 2 atom stereocenters. The van der Waals surface area contributed by atoms with E-state index < -0.39 is 10.0 Å². The number of hydrogen-bond acceptors (Lipinski definition) is 4. The van der Waals surface area contributed by atoms with Crippen molar-refractivity contribution in [3.05, 3.63) is 54.6 Å². The Morgan fingerprint density at radius 1 is 1.04 bits per heavy atom. The Bertz CT molecular complexity index is 933. The van der Waals surface area contributed by atoms with Crippen LogP contribution in [0.1, 0.15) is 12.8 Å². The van der Waals surface area contributed by atoms with Gasteiger partial charge in [0.1, 0.15) is 16.7 Å². The zero-order valence-corrected chi connectivity index (χ0v) is 15.5. The molecule has 0 radical (unpaired) electrons. The quantitative estimate of drug-likeness (QED) is 0.787. The molecular weight excluding hydrogens is 366 g/mol. The van der Waals surface area contributed by atoms with Crippen molar-refractivity contribution in [2.24, 2.45) is 0 Å². The van der Waals surface area contributed by atoms with Crippen molar-refractivity contribution < 1.29 is 17.9 Å². The molecule has 0 spiro atoms. The molecule has 2 aromatic carbocycles. The maximum atomic E-state index is 12.6. The first-order valence-electron chi connectivity index (χ1n) is 8.92. The SMILES string of the molecule is O=C(Nc1ccccc1)N1CC[C@@H]2NS(=O)(=O)c3ccccc3O[C@H]2CC1. The third-order valence-corrected chi connectivity index (χ3v) is 6.41. The first kappa shape index (κ1) is 17.8.